The fourth-order valence-corrected chi connectivity index (χ4v) is 4.81. The summed E-state index contributed by atoms with van der Waals surface area (Å²) in [6.45, 7) is 7.41. The minimum absolute atomic E-state index is 0.0356. The summed E-state index contributed by atoms with van der Waals surface area (Å²) in [5, 5.41) is 32.3. The van der Waals surface area contributed by atoms with Crippen molar-refractivity contribution in [3.8, 4) is 0 Å². The molecule has 0 fully saturated rings. The van der Waals surface area contributed by atoms with Gasteiger partial charge in [0.15, 0.2) is 0 Å². The van der Waals surface area contributed by atoms with Crippen LogP contribution < -0.4 is 10.0 Å². The monoisotopic (exact) mass is 529 g/mol. The number of aliphatic hydroxyl groups is 1. The van der Waals surface area contributed by atoms with Crippen molar-refractivity contribution in [2.75, 3.05) is 19.6 Å². The van der Waals surface area contributed by atoms with E-state index in [4.69, 9.17) is 5.11 Å². The first-order chi connectivity index (χ1) is 16.5. The smallest absolute Gasteiger partial charge is 0.309 e. The van der Waals surface area contributed by atoms with Crippen LogP contribution in [0.15, 0.2) is 30.3 Å². The van der Waals surface area contributed by atoms with Crippen LogP contribution in [0.3, 0.4) is 0 Å². The molecule has 2 atom stereocenters. The number of carboxylic acids is 2. The Kier molecular flexibility index (Phi) is 11.5. The molecule has 204 valence electrons. The number of carbonyl (C=O) groups is 3. The Labute approximate surface area is 213 Å². The van der Waals surface area contributed by atoms with Crippen molar-refractivity contribution in [3.63, 3.8) is 0 Å². The van der Waals surface area contributed by atoms with E-state index in [0.717, 1.165) is 4.31 Å². The SMILES string of the molecule is CC(C)CN(CCC(O)(Cc1ccccc1)NC(=O)CC(C)(C)C(=O)O)S(=O)(=O)NCC(C)C(=O)O. The maximum atomic E-state index is 12.9. The van der Waals surface area contributed by atoms with Crippen LogP contribution in [0.4, 0.5) is 0 Å². The zero-order chi connectivity index (χ0) is 27.7. The van der Waals surface area contributed by atoms with Gasteiger partial charge in [0.05, 0.1) is 11.3 Å². The van der Waals surface area contributed by atoms with Gasteiger partial charge in [-0.3, -0.25) is 14.4 Å². The lowest BCUT2D eigenvalue weighted by Gasteiger charge is -2.33. The van der Waals surface area contributed by atoms with Gasteiger partial charge in [0.25, 0.3) is 10.2 Å². The number of carboxylic acid groups (broad SMARTS) is 2. The van der Waals surface area contributed by atoms with Crippen molar-refractivity contribution < 1.29 is 38.1 Å². The average molecular weight is 530 g/mol. The third-order valence-corrected chi connectivity index (χ3v) is 7.11. The molecular weight excluding hydrogens is 490 g/mol. The van der Waals surface area contributed by atoms with Crippen LogP contribution in [-0.4, -0.2) is 71.2 Å². The topological polar surface area (TPSA) is 173 Å². The van der Waals surface area contributed by atoms with Crippen molar-refractivity contribution in [1.29, 1.82) is 0 Å². The van der Waals surface area contributed by atoms with Gasteiger partial charge < -0.3 is 20.6 Å². The predicted octanol–water partition coefficient (Wildman–Crippen LogP) is 1.44. The summed E-state index contributed by atoms with van der Waals surface area (Å²) in [6.07, 6.45) is -0.614. The molecule has 0 bridgehead atoms. The molecule has 0 aliphatic heterocycles. The molecule has 0 aromatic heterocycles. The van der Waals surface area contributed by atoms with Gasteiger partial charge in [-0.1, -0.05) is 51.1 Å². The summed E-state index contributed by atoms with van der Waals surface area (Å²) in [4.78, 5) is 35.2. The highest BCUT2D eigenvalue weighted by atomic mass is 32.2. The third-order valence-electron chi connectivity index (χ3n) is 5.57. The van der Waals surface area contributed by atoms with Crippen molar-refractivity contribution in [2.45, 2.75) is 59.6 Å². The molecule has 0 aliphatic carbocycles. The van der Waals surface area contributed by atoms with E-state index in [0.29, 0.717) is 5.56 Å². The highest BCUT2D eigenvalue weighted by molar-refractivity contribution is 7.87. The fourth-order valence-electron chi connectivity index (χ4n) is 3.34. The summed E-state index contributed by atoms with van der Waals surface area (Å²) in [5.74, 6) is -4.01. The standard InChI is InChI=1S/C24H39N3O8S/c1-17(2)16-27(36(34,35)25-15-18(3)21(29)30)12-11-24(33,13-19-9-7-6-8-10-19)26-20(28)14-23(4,5)22(31)32/h6-10,17-18,25,33H,11-16H2,1-5H3,(H,26,28)(H,29,30)(H,31,32). The highest BCUT2D eigenvalue weighted by Gasteiger charge is 2.36. The molecule has 0 saturated carbocycles. The van der Waals surface area contributed by atoms with Crippen LogP contribution in [0.1, 0.15) is 53.0 Å². The van der Waals surface area contributed by atoms with Gasteiger partial charge in [0.2, 0.25) is 5.91 Å². The summed E-state index contributed by atoms with van der Waals surface area (Å²) >= 11 is 0. The number of aliphatic carboxylic acids is 2. The van der Waals surface area contributed by atoms with Gasteiger partial charge in [-0.05, 0) is 25.3 Å². The van der Waals surface area contributed by atoms with Crippen LogP contribution in [0.2, 0.25) is 0 Å². The number of benzene rings is 1. The summed E-state index contributed by atoms with van der Waals surface area (Å²) in [7, 11) is -4.09. The van der Waals surface area contributed by atoms with Crippen LogP contribution in [0, 0.1) is 17.3 Å². The van der Waals surface area contributed by atoms with Gasteiger partial charge in [-0.2, -0.15) is 12.7 Å². The predicted molar refractivity (Wildman–Crippen MR) is 134 cm³/mol. The lowest BCUT2D eigenvalue weighted by atomic mass is 9.88. The van der Waals surface area contributed by atoms with Gasteiger partial charge in [0, 0.05) is 38.9 Å². The second-order valence-corrected chi connectivity index (χ2v) is 12.0. The van der Waals surface area contributed by atoms with Gasteiger partial charge in [-0.15, -0.1) is 0 Å². The number of hydrogen-bond acceptors (Lipinski definition) is 6. The number of rotatable bonds is 16. The fraction of sp³-hybridized carbons (Fsp3) is 0.625. The Balaban J connectivity index is 3.14. The first-order valence-corrected chi connectivity index (χ1v) is 13.2. The summed E-state index contributed by atoms with van der Waals surface area (Å²) in [5.41, 5.74) is -2.55. The molecule has 11 nitrogen and oxygen atoms in total. The molecule has 36 heavy (non-hydrogen) atoms. The van der Waals surface area contributed by atoms with Crippen molar-refractivity contribution in [3.05, 3.63) is 35.9 Å². The normalized spacial score (nSPS) is 14.9. The van der Waals surface area contributed by atoms with Gasteiger partial charge in [0.1, 0.15) is 5.72 Å². The number of amides is 1. The van der Waals surface area contributed by atoms with E-state index in [2.05, 4.69) is 10.0 Å². The zero-order valence-corrected chi connectivity index (χ0v) is 22.3. The molecule has 0 saturated heterocycles. The molecule has 0 radical (unpaired) electrons. The van der Waals surface area contributed by atoms with Crippen molar-refractivity contribution in [1.82, 2.24) is 14.3 Å². The van der Waals surface area contributed by atoms with Crippen LogP contribution in [0.5, 0.6) is 0 Å². The number of nitrogens with zero attached hydrogens (tertiary/aromatic N) is 1. The zero-order valence-electron chi connectivity index (χ0n) is 21.5. The van der Waals surface area contributed by atoms with Crippen LogP contribution in [-0.2, 0) is 31.0 Å². The molecule has 0 spiro atoms. The van der Waals surface area contributed by atoms with E-state index >= 15 is 0 Å². The van der Waals surface area contributed by atoms with Crippen LogP contribution in [0.25, 0.3) is 0 Å². The summed E-state index contributed by atoms with van der Waals surface area (Å²) < 4.78 is 29.3. The average Bonchev–Trinajstić information content (AvgIpc) is 2.74. The molecule has 12 heteroatoms. The largest absolute Gasteiger partial charge is 0.481 e. The molecule has 2 unspecified atom stereocenters. The Morgan fingerprint density at radius 1 is 1.06 bits per heavy atom. The number of carbonyl (C=O) groups excluding carboxylic acids is 1. The van der Waals surface area contributed by atoms with E-state index in [1.165, 1.54) is 20.8 Å². The minimum Gasteiger partial charge on any atom is -0.481 e. The lowest BCUT2D eigenvalue weighted by Crippen LogP contribution is -2.54. The second-order valence-electron chi connectivity index (χ2n) is 10.2. The van der Waals surface area contributed by atoms with E-state index < -0.39 is 45.1 Å². The third kappa shape index (κ3) is 10.6. The van der Waals surface area contributed by atoms with E-state index in [1.54, 1.807) is 30.3 Å². The van der Waals surface area contributed by atoms with Crippen LogP contribution >= 0.6 is 0 Å². The first-order valence-electron chi connectivity index (χ1n) is 11.8. The highest BCUT2D eigenvalue weighted by Crippen LogP contribution is 2.23. The quantitative estimate of drug-likeness (QED) is 0.200. The summed E-state index contributed by atoms with van der Waals surface area (Å²) in [6, 6.07) is 8.80. The molecular formula is C24H39N3O8S. The van der Waals surface area contributed by atoms with E-state index in [9.17, 15) is 33.0 Å². The maximum Gasteiger partial charge on any atom is 0.309 e. The molecule has 0 heterocycles. The van der Waals surface area contributed by atoms with E-state index in [1.807, 2.05) is 13.8 Å². The van der Waals surface area contributed by atoms with E-state index in [-0.39, 0.29) is 44.8 Å². The lowest BCUT2D eigenvalue weighted by molar-refractivity contribution is -0.151. The molecule has 5 N–H and O–H groups in total. The second kappa shape index (κ2) is 13.1. The Morgan fingerprint density at radius 3 is 2.14 bits per heavy atom. The van der Waals surface area contributed by atoms with Gasteiger partial charge >= 0.3 is 11.9 Å². The Morgan fingerprint density at radius 2 is 1.64 bits per heavy atom. The number of nitrogens with one attached hydrogen (secondary N) is 2. The molecule has 1 rings (SSSR count). The molecule has 1 aromatic rings. The maximum absolute atomic E-state index is 12.9. The first kappa shape index (κ1) is 31.5. The molecule has 1 aromatic carbocycles. The van der Waals surface area contributed by atoms with Gasteiger partial charge in [-0.25, -0.2) is 4.72 Å². The Hall–Kier alpha value is -2.54. The Bertz CT molecular complexity index is 998. The number of hydrogen-bond donors (Lipinski definition) is 5. The molecule has 0 aliphatic rings. The minimum atomic E-state index is -4.09. The molecule has 1 amide bonds. The van der Waals surface area contributed by atoms with Crippen molar-refractivity contribution >= 4 is 28.1 Å². The van der Waals surface area contributed by atoms with Crippen molar-refractivity contribution in [2.24, 2.45) is 17.3 Å².